The van der Waals surface area contributed by atoms with Crippen LogP contribution in [0.1, 0.15) is 25.3 Å². The van der Waals surface area contributed by atoms with Crippen LogP contribution in [-0.4, -0.2) is 34.5 Å². The molecule has 1 fully saturated rings. The highest BCUT2D eigenvalue weighted by Gasteiger charge is 2.32. The minimum atomic E-state index is -0.341. The second kappa shape index (κ2) is 9.55. The number of rotatable bonds is 7. The lowest BCUT2D eigenvalue weighted by atomic mass is 9.90. The Bertz CT molecular complexity index is 1000. The number of anilines is 3. The molecule has 0 aliphatic carbocycles. The summed E-state index contributed by atoms with van der Waals surface area (Å²) in [6.07, 6.45) is 4.46. The van der Waals surface area contributed by atoms with E-state index in [0.29, 0.717) is 24.1 Å². The Kier molecular flexibility index (Phi) is 6.40. The van der Waals surface area contributed by atoms with Gasteiger partial charge in [-0.05, 0) is 49.8 Å². The molecular weight excluding hydrogens is 390 g/mol. The summed E-state index contributed by atoms with van der Waals surface area (Å²) in [6, 6.07) is 20.1. The molecule has 1 aliphatic rings. The van der Waals surface area contributed by atoms with Crippen LogP contribution in [0.15, 0.2) is 67.0 Å². The van der Waals surface area contributed by atoms with Crippen molar-refractivity contribution < 1.29 is 4.92 Å². The molecule has 7 heteroatoms. The van der Waals surface area contributed by atoms with Gasteiger partial charge in [0.15, 0.2) is 0 Å². The zero-order valence-corrected chi connectivity index (χ0v) is 17.7. The summed E-state index contributed by atoms with van der Waals surface area (Å²) in [5.74, 6) is 1.34. The van der Waals surface area contributed by atoms with E-state index < -0.39 is 0 Å². The summed E-state index contributed by atoms with van der Waals surface area (Å²) in [4.78, 5) is 24.4. The molecule has 2 aromatic carbocycles. The Morgan fingerprint density at radius 2 is 1.68 bits per heavy atom. The molecule has 160 valence electrons. The van der Waals surface area contributed by atoms with Gasteiger partial charge in [0.05, 0.1) is 4.92 Å². The molecule has 4 rings (SSSR count). The van der Waals surface area contributed by atoms with Gasteiger partial charge in [-0.1, -0.05) is 48.5 Å². The Labute approximate surface area is 182 Å². The number of benzene rings is 2. The Morgan fingerprint density at radius 3 is 2.29 bits per heavy atom. The van der Waals surface area contributed by atoms with E-state index in [9.17, 15) is 10.1 Å². The second-order valence-electron chi connectivity index (χ2n) is 7.83. The molecule has 0 atom stereocenters. The van der Waals surface area contributed by atoms with E-state index in [1.807, 2.05) is 53.1 Å². The normalized spacial score (nSPS) is 14.4. The van der Waals surface area contributed by atoms with Gasteiger partial charge in [0, 0.05) is 25.3 Å². The van der Waals surface area contributed by atoms with Crippen LogP contribution in [0, 0.1) is 16.0 Å². The Hall–Kier alpha value is -3.48. The van der Waals surface area contributed by atoms with Crippen LogP contribution >= 0.6 is 0 Å². The van der Waals surface area contributed by atoms with E-state index in [0.717, 1.165) is 38.0 Å². The van der Waals surface area contributed by atoms with Gasteiger partial charge < -0.3 is 9.80 Å². The molecule has 1 aromatic heterocycles. The number of hydrogen-bond acceptors (Lipinski definition) is 6. The van der Waals surface area contributed by atoms with Crippen LogP contribution in [0.4, 0.5) is 23.0 Å². The first-order chi connectivity index (χ1) is 15.2. The predicted octanol–water partition coefficient (Wildman–Crippen LogP) is 5.00. The zero-order valence-electron chi connectivity index (χ0n) is 17.7. The Morgan fingerprint density at radius 1 is 1.03 bits per heavy atom. The van der Waals surface area contributed by atoms with Gasteiger partial charge in [0.1, 0.15) is 6.33 Å². The summed E-state index contributed by atoms with van der Waals surface area (Å²) in [5, 5.41) is 12.1. The monoisotopic (exact) mass is 417 g/mol. The van der Waals surface area contributed by atoms with Crippen molar-refractivity contribution in [1.29, 1.82) is 0 Å². The van der Waals surface area contributed by atoms with Gasteiger partial charge in [-0.2, -0.15) is 0 Å². The first-order valence-electron chi connectivity index (χ1n) is 10.8. The van der Waals surface area contributed by atoms with Crippen LogP contribution in [0.3, 0.4) is 0 Å². The molecule has 7 nitrogen and oxygen atoms in total. The zero-order chi connectivity index (χ0) is 21.6. The highest BCUT2D eigenvalue weighted by Crippen LogP contribution is 2.38. The summed E-state index contributed by atoms with van der Waals surface area (Å²) in [6.45, 7) is 4.05. The van der Waals surface area contributed by atoms with Gasteiger partial charge >= 0.3 is 5.69 Å². The fourth-order valence-corrected chi connectivity index (χ4v) is 4.31. The molecular formula is C24H27N5O2. The number of nitrogens with zero attached hydrogens (tertiary/aromatic N) is 5. The topological polar surface area (TPSA) is 75.4 Å². The molecule has 31 heavy (non-hydrogen) atoms. The molecule has 0 N–H and O–H groups in total. The second-order valence-corrected chi connectivity index (χ2v) is 7.83. The maximum atomic E-state index is 12.1. The van der Waals surface area contributed by atoms with Crippen LogP contribution in [0.2, 0.25) is 0 Å². The van der Waals surface area contributed by atoms with Crippen molar-refractivity contribution in [3.8, 4) is 0 Å². The maximum Gasteiger partial charge on any atom is 0.353 e. The summed E-state index contributed by atoms with van der Waals surface area (Å²) in [7, 11) is 0. The first kappa shape index (κ1) is 20.8. The SMILES string of the molecule is CCN(c1ccccc1)c1ncnc(N2CCC(Cc3ccccc3)CC2)c1[N+](=O)[O-]. The van der Waals surface area contributed by atoms with Crippen molar-refractivity contribution in [2.24, 2.45) is 5.92 Å². The van der Waals surface area contributed by atoms with E-state index >= 15 is 0 Å². The van der Waals surface area contributed by atoms with Crippen LogP contribution in [0.25, 0.3) is 0 Å². The number of para-hydroxylation sites is 1. The molecule has 0 spiro atoms. The highest BCUT2D eigenvalue weighted by molar-refractivity contribution is 5.76. The highest BCUT2D eigenvalue weighted by atomic mass is 16.6. The smallest absolute Gasteiger partial charge is 0.351 e. The first-order valence-corrected chi connectivity index (χ1v) is 10.8. The average molecular weight is 418 g/mol. The summed E-state index contributed by atoms with van der Waals surface area (Å²) < 4.78 is 0. The fourth-order valence-electron chi connectivity index (χ4n) is 4.31. The molecule has 1 saturated heterocycles. The van der Waals surface area contributed by atoms with Crippen molar-refractivity contribution in [1.82, 2.24) is 9.97 Å². The standard InChI is InChI=1S/C24H27N5O2/c1-2-28(21-11-7-4-8-12-21)24-22(29(30)31)23(25-18-26-24)27-15-13-20(14-16-27)17-19-9-5-3-6-10-19/h3-12,18,20H,2,13-17H2,1H3. The quantitative estimate of drug-likeness (QED) is 0.398. The number of aromatic nitrogens is 2. The third-order valence-electron chi connectivity index (χ3n) is 5.89. The van der Waals surface area contributed by atoms with E-state index in [2.05, 4.69) is 34.2 Å². The van der Waals surface area contributed by atoms with Crippen molar-refractivity contribution in [2.45, 2.75) is 26.2 Å². The lowest BCUT2D eigenvalue weighted by molar-refractivity contribution is -0.383. The third kappa shape index (κ3) is 4.66. The van der Waals surface area contributed by atoms with Gasteiger partial charge in [-0.25, -0.2) is 9.97 Å². The van der Waals surface area contributed by atoms with Crippen molar-refractivity contribution in [3.63, 3.8) is 0 Å². The van der Waals surface area contributed by atoms with Crippen molar-refractivity contribution >= 4 is 23.0 Å². The minimum absolute atomic E-state index is 0.0188. The number of nitro groups is 1. The van der Waals surface area contributed by atoms with Gasteiger partial charge in [0.2, 0.25) is 11.6 Å². The molecule has 0 saturated carbocycles. The molecule has 1 aliphatic heterocycles. The lowest BCUT2D eigenvalue weighted by Crippen LogP contribution is -2.35. The fraction of sp³-hybridized carbons (Fsp3) is 0.333. The average Bonchev–Trinajstić information content (AvgIpc) is 2.81. The van der Waals surface area contributed by atoms with Gasteiger partial charge in [0.25, 0.3) is 0 Å². The number of piperidine rings is 1. The summed E-state index contributed by atoms with van der Waals surface area (Å²) >= 11 is 0. The molecule has 0 radical (unpaired) electrons. The van der Waals surface area contributed by atoms with E-state index in [1.54, 1.807) is 0 Å². The van der Waals surface area contributed by atoms with Crippen LogP contribution in [-0.2, 0) is 6.42 Å². The van der Waals surface area contributed by atoms with Gasteiger partial charge in [-0.15, -0.1) is 0 Å². The molecule has 2 heterocycles. The maximum absolute atomic E-state index is 12.1. The largest absolute Gasteiger partial charge is 0.353 e. The van der Waals surface area contributed by atoms with E-state index in [1.165, 1.54) is 11.9 Å². The predicted molar refractivity (Wildman–Crippen MR) is 123 cm³/mol. The molecule has 0 bridgehead atoms. The van der Waals surface area contributed by atoms with Crippen LogP contribution in [0.5, 0.6) is 0 Å². The number of hydrogen-bond donors (Lipinski definition) is 0. The van der Waals surface area contributed by atoms with Crippen molar-refractivity contribution in [3.05, 3.63) is 82.7 Å². The van der Waals surface area contributed by atoms with E-state index in [4.69, 9.17) is 0 Å². The molecule has 0 unspecified atom stereocenters. The van der Waals surface area contributed by atoms with Crippen molar-refractivity contribution in [2.75, 3.05) is 29.4 Å². The van der Waals surface area contributed by atoms with Crippen LogP contribution < -0.4 is 9.80 Å². The lowest BCUT2D eigenvalue weighted by Gasteiger charge is -2.33. The molecule has 0 amide bonds. The third-order valence-corrected chi connectivity index (χ3v) is 5.89. The Balaban J connectivity index is 1.57. The summed E-state index contributed by atoms with van der Waals surface area (Å²) in [5.41, 5.74) is 2.20. The minimum Gasteiger partial charge on any atom is -0.351 e. The van der Waals surface area contributed by atoms with E-state index in [-0.39, 0.29) is 10.6 Å². The molecule has 3 aromatic rings. The van der Waals surface area contributed by atoms with Gasteiger partial charge in [-0.3, -0.25) is 10.1 Å².